The Morgan fingerprint density at radius 3 is 2.96 bits per heavy atom. The molecule has 1 unspecified atom stereocenters. The van der Waals surface area contributed by atoms with E-state index in [1.165, 1.54) is 11.1 Å². The number of aliphatic hydroxyl groups excluding tert-OH is 1. The number of hydrogen-bond donors (Lipinski definition) is 1. The van der Waals surface area contributed by atoms with E-state index in [1.54, 1.807) is 12.5 Å². The molecular formula is C18H16N4O. The van der Waals surface area contributed by atoms with E-state index in [-0.39, 0.29) is 12.0 Å². The maximum Gasteiger partial charge on any atom is 0.115 e. The van der Waals surface area contributed by atoms with Crippen LogP contribution in [0.25, 0.3) is 11.3 Å². The van der Waals surface area contributed by atoms with Crippen LogP contribution >= 0.6 is 0 Å². The second kappa shape index (κ2) is 4.73. The van der Waals surface area contributed by atoms with Crippen molar-refractivity contribution in [1.82, 2.24) is 19.5 Å². The molecule has 1 aromatic carbocycles. The first-order chi connectivity index (χ1) is 11.3. The molecule has 114 valence electrons. The second-order valence-electron chi connectivity index (χ2n) is 6.29. The minimum absolute atomic E-state index is 0.102. The lowest BCUT2D eigenvalue weighted by molar-refractivity contribution is 0.0706. The summed E-state index contributed by atoms with van der Waals surface area (Å²) in [4.78, 5) is 12.7. The van der Waals surface area contributed by atoms with Crippen molar-refractivity contribution in [3.05, 3.63) is 66.1 Å². The van der Waals surface area contributed by atoms with Gasteiger partial charge in [0, 0.05) is 28.9 Å². The molecule has 3 heterocycles. The molecular weight excluding hydrogens is 288 g/mol. The third-order valence-electron chi connectivity index (χ3n) is 5.19. The second-order valence-corrected chi connectivity index (χ2v) is 6.29. The molecule has 0 bridgehead atoms. The fourth-order valence-corrected chi connectivity index (χ4v) is 4.15. The Bertz CT molecular complexity index is 888. The lowest BCUT2D eigenvalue weighted by Gasteiger charge is -2.34. The van der Waals surface area contributed by atoms with Gasteiger partial charge in [0.1, 0.15) is 6.33 Å². The molecule has 5 rings (SSSR count). The number of hydrogen-bond acceptors (Lipinski definition) is 4. The van der Waals surface area contributed by atoms with Crippen LogP contribution in [0.2, 0.25) is 0 Å². The Labute approximate surface area is 133 Å². The van der Waals surface area contributed by atoms with E-state index in [0.717, 1.165) is 29.8 Å². The molecule has 5 heteroatoms. The monoisotopic (exact) mass is 304 g/mol. The van der Waals surface area contributed by atoms with Crippen molar-refractivity contribution >= 4 is 0 Å². The van der Waals surface area contributed by atoms with Gasteiger partial charge in [-0.25, -0.2) is 15.0 Å². The summed E-state index contributed by atoms with van der Waals surface area (Å²) in [5.74, 6) is 0.102. The van der Waals surface area contributed by atoms with Gasteiger partial charge in [0.25, 0.3) is 0 Å². The largest absolute Gasteiger partial charge is 0.388 e. The van der Waals surface area contributed by atoms with Crippen LogP contribution in [0.5, 0.6) is 0 Å². The Morgan fingerprint density at radius 2 is 2.00 bits per heavy atom. The van der Waals surface area contributed by atoms with Crippen molar-refractivity contribution in [1.29, 1.82) is 0 Å². The predicted octanol–water partition coefficient (Wildman–Crippen LogP) is 2.54. The average molecular weight is 304 g/mol. The topological polar surface area (TPSA) is 63.8 Å². The van der Waals surface area contributed by atoms with Gasteiger partial charge in [-0.15, -0.1) is 0 Å². The van der Waals surface area contributed by atoms with E-state index in [0.29, 0.717) is 0 Å². The van der Waals surface area contributed by atoms with E-state index >= 15 is 0 Å². The highest BCUT2D eigenvalue weighted by Gasteiger charge is 2.40. The fraction of sp³-hybridized carbons (Fsp3) is 0.278. The van der Waals surface area contributed by atoms with Crippen LogP contribution in [0.1, 0.15) is 35.4 Å². The lowest BCUT2D eigenvalue weighted by atomic mass is 9.78. The Morgan fingerprint density at radius 1 is 1.09 bits per heavy atom. The van der Waals surface area contributed by atoms with Crippen LogP contribution < -0.4 is 0 Å². The van der Waals surface area contributed by atoms with Crippen LogP contribution in [-0.4, -0.2) is 24.6 Å². The first kappa shape index (κ1) is 13.0. The summed E-state index contributed by atoms with van der Waals surface area (Å²) in [6.07, 6.45) is 8.34. The van der Waals surface area contributed by atoms with Gasteiger partial charge in [-0.3, -0.25) is 0 Å². The van der Waals surface area contributed by atoms with Gasteiger partial charge in [0.15, 0.2) is 0 Å². The van der Waals surface area contributed by atoms with Gasteiger partial charge >= 0.3 is 0 Å². The van der Waals surface area contributed by atoms with Crippen LogP contribution in [-0.2, 0) is 6.42 Å². The molecule has 1 aliphatic carbocycles. The summed E-state index contributed by atoms with van der Waals surface area (Å²) in [6.45, 7) is 0. The predicted molar refractivity (Wildman–Crippen MR) is 84.6 cm³/mol. The number of nitrogens with zero attached hydrogens (tertiary/aromatic N) is 4. The summed E-state index contributed by atoms with van der Waals surface area (Å²) in [5.41, 5.74) is 5.47. The molecule has 3 aromatic rings. The quantitative estimate of drug-likeness (QED) is 0.750. The van der Waals surface area contributed by atoms with Gasteiger partial charge in [-0.1, -0.05) is 24.3 Å². The Kier molecular flexibility index (Phi) is 2.67. The molecule has 1 aliphatic heterocycles. The fourth-order valence-electron chi connectivity index (χ4n) is 4.15. The van der Waals surface area contributed by atoms with Crippen molar-refractivity contribution < 1.29 is 5.11 Å². The molecule has 1 N–H and O–H groups in total. The zero-order chi connectivity index (χ0) is 15.4. The maximum atomic E-state index is 11.0. The first-order valence-electron chi connectivity index (χ1n) is 7.92. The zero-order valence-electron chi connectivity index (χ0n) is 12.5. The Balaban J connectivity index is 1.64. The van der Waals surface area contributed by atoms with Crippen LogP contribution in [0, 0.1) is 5.92 Å². The minimum atomic E-state index is -0.550. The highest BCUT2D eigenvalue weighted by molar-refractivity contribution is 5.69. The summed E-state index contributed by atoms with van der Waals surface area (Å²) in [6, 6.07) is 8.54. The van der Waals surface area contributed by atoms with Crippen LogP contribution in [0.4, 0.5) is 0 Å². The third-order valence-corrected chi connectivity index (χ3v) is 5.19. The van der Waals surface area contributed by atoms with Crippen LogP contribution in [0.3, 0.4) is 0 Å². The summed E-state index contributed by atoms with van der Waals surface area (Å²) in [5, 5.41) is 11.0. The zero-order valence-corrected chi connectivity index (χ0v) is 12.5. The smallest absolute Gasteiger partial charge is 0.115 e. The Hall–Kier alpha value is -2.53. The number of imidazole rings is 1. The maximum absolute atomic E-state index is 11.0. The van der Waals surface area contributed by atoms with E-state index < -0.39 is 6.10 Å². The SMILES string of the molecule is O[C@@H]1c2cncnc2CC[C@@H]1C1c2ccccc2-c2cncn21. The molecule has 0 amide bonds. The minimum Gasteiger partial charge on any atom is -0.388 e. The van der Waals surface area contributed by atoms with E-state index in [4.69, 9.17) is 0 Å². The number of benzene rings is 1. The standard InChI is InChI=1S/C18H16N4O/c23-18-13(5-6-15-14(18)7-19-9-21-15)17-12-4-2-1-3-11(12)16-8-20-10-22(16)17/h1-4,7-10,13,17-18,23H,5-6H2/t13-,17?,18+/m1/s1. The summed E-state index contributed by atoms with van der Waals surface area (Å²) >= 11 is 0. The molecule has 3 atom stereocenters. The normalized spacial score (nSPS) is 24.8. The highest BCUT2D eigenvalue weighted by atomic mass is 16.3. The van der Waals surface area contributed by atoms with Gasteiger partial charge < -0.3 is 9.67 Å². The molecule has 5 nitrogen and oxygen atoms in total. The van der Waals surface area contributed by atoms with Crippen molar-refractivity contribution in [2.24, 2.45) is 5.92 Å². The van der Waals surface area contributed by atoms with Gasteiger partial charge in [-0.2, -0.15) is 0 Å². The van der Waals surface area contributed by atoms with Crippen molar-refractivity contribution in [2.45, 2.75) is 25.0 Å². The summed E-state index contributed by atoms with van der Waals surface area (Å²) < 4.78 is 2.20. The first-order valence-corrected chi connectivity index (χ1v) is 7.92. The number of rotatable bonds is 1. The number of fused-ring (bicyclic) bond motifs is 4. The number of aliphatic hydroxyl groups is 1. The van der Waals surface area contributed by atoms with E-state index in [2.05, 4.69) is 43.8 Å². The van der Waals surface area contributed by atoms with E-state index in [1.807, 2.05) is 12.5 Å². The third kappa shape index (κ3) is 1.74. The molecule has 23 heavy (non-hydrogen) atoms. The molecule has 0 saturated carbocycles. The van der Waals surface area contributed by atoms with Crippen molar-refractivity contribution in [3.63, 3.8) is 0 Å². The summed E-state index contributed by atoms with van der Waals surface area (Å²) in [7, 11) is 0. The highest BCUT2D eigenvalue weighted by Crippen LogP contribution is 2.49. The van der Waals surface area contributed by atoms with Gasteiger partial charge in [0.05, 0.1) is 30.4 Å². The van der Waals surface area contributed by atoms with Gasteiger partial charge in [0.2, 0.25) is 0 Å². The van der Waals surface area contributed by atoms with E-state index in [9.17, 15) is 5.11 Å². The lowest BCUT2D eigenvalue weighted by Crippen LogP contribution is -2.29. The molecule has 0 spiro atoms. The van der Waals surface area contributed by atoms with Crippen molar-refractivity contribution in [2.75, 3.05) is 0 Å². The average Bonchev–Trinajstić information content (AvgIpc) is 3.17. The molecule has 2 aromatic heterocycles. The number of aromatic nitrogens is 4. The van der Waals surface area contributed by atoms with Crippen molar-refractivity contribution in [3.8, 4) is 11.3 Å². The number of aryl methyl sites for hydroxylation is 1. The van der Waals surface area contributed by atoms with Gasteiger partial charge in [-0.05, 0) is 18.4 Å². The molecule has 0 saturated heterocycles. The molecule has 2 aliphatic rings. The molecule has 0 radical (unpaired) electrons. The van der Waals surface area contributed by atoms with Crippen LogP contribution in [0.15, 0.2) is 49.3 Å². The molecule has 0 fully saturated rings.